The van der Waals surface area contributed by atoms with Crippen molar-refractivity contribution in [1.29, 1.82) is 0 Å². The number of fused-ring (bicyclic) bond motifs is 3. The van der Waals surface area contributed by atoms with Gasteiger partial charge in [0, 0.05) is 16.6 Å². The molecule has 2 N–H and O–H groups in total. The minimum Gasteiger partial charge on any atom is -0.349 e. The summed E-state index contributed by atoms with van der Waals surface area (Å²) in [6.45, 7) is 4.14. The number of thioether (sulfide) groups is 1. The van der Waals surface area contributed by atoms with Gasteiger partial charge in [-0.25, -0.2) is 4.98 Å². The van der Waals surface area contributed by atoms with E-state index in [1.165, 1.54) is 17.3 Å². The molecular formula is C29H28N4O2S. The van der Waals surface area contributed by atoms with Gasteiger partial charge in [-0.2, -0.15) is 0 Å². The number of aromatic amines is 1. The number of rotatable bonds is 8. The number of carbonyl (C=O) groups is 1. The quantitative estimate of drug-likeness (QED) is 0.197. The van der Waals surface area contributed by atoms with Crippen LogP contribution in [0.5, 0.6) is 0 Å². The zero-order valence-corrected chi connectivity index (χ0v) is 21.2. The summed E-state index contributed by atoms with van der Waals surface area (Å²) in [4.78, 5) is 34.6. The van der Waals surface area contributed by atoms with E-state index in [1.54, 1.807) is 4.57 Å². The molecule has 0 aliphatic rings. The van der Waals surface area contributed by atoms with E-state index in [-0.39, 0.29) is 17.2 Å². The van der Waals surface area contributed by atoms with Crippen molar-refractivity contribution in [2.45, 2.75) is 38.3 Å². The van der Waals surface area contributed by atoms with Crippen LogP contribution in [0, 0.1) is 6.92 Å². The summed E-state index contributed by atoms with van der Waals surface area (Å²) in [7, 11) is 0. The fourth-order valence-corrected chi connectivity index (χ4v) is 5.13. The van der Waals surface area contributed by atoms with E-state index in [0.29, 0.717) is 16.2 Å². The first kappa shape index (κ1) is 23.9. The number of nitrogens with zero attached hydrogens (tertiary/aromatic N) is 2. The van der Waals surface area contributed by atoms with Crippen molar-refractivity contribution in [3.8, 4) is 5.69 Å². The molecule has 0 fully saturated rings. The highest BCUT2D eigenvalue weighted by Crippen LogP contribution is 2.27. The minimum atomic E-state index is -0.184. The smallest absolute Gasteiger partial charge is 0.283 e. The Kier molecular flexibility index (Phi) is 6.91. The standard InChI is InChI=1S/C29H28N4O2S/c1-3-4-10-20-14-16-21(17-15-20)30-25(34)18-36-29-32-26-22-11-6-7-12-23(22)31-27(26)28(35)33(29)24-13-8-5-9-19(24)2/h5-9,11-17,31H,3-4,10,18H2,1-2H3,(H,30,34). The van der Waals surface area contributed by atoms with Gasteiger partial charge < -0.3 is 10.3 Å². The highest BCUT2D eigenvalue weighted by atomic mass is 32.2. The van der Waals surface area contributed by atoms with Crippen LogP contribution in [-0.4, -0.2) is 26.2 Å². The molecule has 5 rings (SSSR count). The molecule has 0 spiro atoms. The van der Waals surface area contributed by atoms with E-state index >= 15 is 0 Å². The number of hydrogen-bond acceptors (Lipinski definition) is 4. The highest BCUT2D eigenvalue weighted by Gasteiger charge is 2.19. The second-order valence-corrected chi connectivity index (χ2v) is 9.80. The topological polar surface area (TPSA) is 79.8 Å². The monoisotopic (exact) mass is 496 g/mol. The predicted octanol–water partition coefficient (Wildman–Crippen LogP) is 6.25. The van der Waals surface area contributed by atoms with Crippen LogP contribution in [0.15, 0.2) is 82.7 Å². The minimum absolute atomic E-state index is 0.129. The average molecular weight is 497 g/mol. The van der Waals surface area contributed by atoms with E-state index in [9.17, 15) is 9.59 Å². The molecule has 0 saturated carbocycles. The van der Waals surface area contributed by atoms with Crippen molar-refractivity contribution in [3.63, 3.8) is 0 Å². The number of carbonyl (C=O) groups excluding carboxylic acids is 1. The van der Waals surface area contributed by atoms with E-state index in [2.05, 4.69) is 29.4 Å². The summed E-state index contributed by atoms with van der Waals surface area (Å²) in [6, 6.07) is 23.4. The van der Waals surface area contributed by atoms with E-state index in [4.69, 9.17) is 4.98 Å². The molecular weight excluding hydrogens is 468 g/mol. The normalized spacial score (nSPS) is 11.3. The summed E-state index contributed by atoms with van der Waals surface area (Å²) in [6.07, 6.45) is 3.35. The van der Waals surface area contributed by atoms with E-state index in [0.717, 1.165) is 47.1 Å². The summed E-state index contributed by atoms with van der Waals surface area (Å²) in [5.41, 5.74) is 5.47. The van der Waals surface area contributed by atoms with Gasteiger partial charge in [0.1, 0.15) is 11.0 Å². The van der Waals surface area contributed by atoms with Gasteiger partial charge in [-0.3, -0.25) is 14.2 Å². The highest BCUT2D eigenvalue weighted by molar-refractivity contribution is 7.99. The molecule has 7 heteroatoms. The summed E-state index contributed by atoms with van der Waals surface area (Å²) in [5, 5.41) is 4.33. The summed E-state index contributed by atoms with van der Waals surface area (Å²) < 4.78 is 1.60. The number of amides is 1. The zero-order valence-electron chi connectivity index (χ0n) is 20.4. The third-order valence-corrected chi connectivity index (χ3v) is 7.18. The molecule has 0 bridgehead atoms. The zero-order chi connectivity index (χ0) is 25.1. The molecule has 1 amide bonds. The largest absolute Gasteiger partial charge is 0.349 e. The van der Waals surface area contributed by atoms with Crippen molar-refractivity contribution in [2.24, 2.45) is 0 Å². The van der Waals surface area contributed by atoms with Gasteiger partial charge in [-0.1, -0.05) is 73.6 Å². The van der Waals surface area contributed by atoms with Gasteiger partial charge >= 0.3 is 0 Å². The molecule has 182 valence electrons. The predicted molar refractivity (Wildman–Crippen MR) is 148 cm³/mol. The van der Waals surface area contributed by atoms with Crippen molar-refractivity contribution in [1.82, 2.24) is 14.5 Å². The summed E-state index contributed by atoms with van der Waals surface area (Å²) in [5.74, 6) is -0.0186. The average Bonchev–Trinajstić information content (AvgIpc) is 3.27. The lowest BCUT2D eigenvalue weighted by Crippen LogP contribution is -2.23. The molecule has 2 aromatic heterocycles. The maximum atomic E-state index is 13.7. The molecule has 0 atom stereocenters. The first-order chi connectivity index (χ1) is 17.5. The number of aromatic nitrogens is 3. The van der Waals surface area contributed by atoms with Gasteiger partial charge in [0.15, 0.2) is 5.16 Å². The third-order valence-electron chi connectivity index (χ3n) is 6.24. The molecule has 0 radical (unpaired) electrons. The Morgan fingerprint density at radius 2 is 1.78 bits per heavy atom. The lowest BCUT2D eigenvalue weighted by atomic mass is 10.1. The van der Waals surface area contributed by atoms with Gasteiger partial charge in [0.2, 0.25) is 5.91 Å². The maximum absolute atomic E-state index is 13.7. The second kappa shape index (κ2) is 10.4. The summed E-state index contributed by atoms with van der Waals surface area (Å²) >= 11 is 1.26. The van der Waals surface area contributed by atoms with Crippen LogP contribution >= 0.6 is 11.8 Å². The fraction of sp³-hybridized carbons (Fsp3) is 0.207. The second-order valence-electron chi connectivity index (χ2n) is 8.85. The van der Waals surface area contributed by atoms with E-state index < -0.39 is 0 Å². The Hall–Kier alpha value is -3.84. The number of nitrogens with one attached hydrogen (secondary N) is 2. The first-order valence-electron chi connectivity index (χ1n) is 12.2. The molecule has 6 nitrogen and oxygen atoms in total. The molecule has 0 aliphatic heterocycles. The SMILES string of the molecule is CCCCc1ccc(NC(=O)CSc2nc3c([nH]c4ccccc43)c(=O)n2-c2ccccc2C)cc1. The number of benzene rings is 3. The van der Waals surface area contributed by atoms with Crippen LogP contribution in [0.25, 0.3) is 27.6 Å². The molecule has 2 heterocycles. The molecule has 0 saturated heterocycles. The number of hydrogen-bond donors (Lipinski definition) is 2. The Morgan fingerprint density at radius 3 is 2.56 bits per heavy atom. The van der Waals surface area contributed by atoms with Crippen molar-refractivity contribution < 1.29 is 4.79 Å². The molecule has 0 unspecified atom stereocenters. The third kappa shape index (κ3) is 4.79. The van der Waals surface area contributed by atoms with Crippen LogP contribution in [0.3, 0.4) is 0 Å². The number of para-hydroxylation sites is 2. The van der Waals surface area contributed by atoms with Crippen LogP contribution in [0.1, 0.15) is 30.9 Å². The Bertz CT molecular complexity index is 1600. The first-order valence-corrected chi connectivity index (χ1v) is 13.1. The number of H-pyrrole nitrogens is 1. The van der Waals surface area contributed by atoms with Gasteiger partial charge in [0.05, 0.1) is 11.4 Å². The lowest BCUT2D eigenvalue weighted by molar-refractivity contribution is -0.113. The molecule has 5 aromatic rings. The van der Waals surface area contributed by atoms with Crippen LogP contribution in [0.4, 0.5) is 5.69 Å². The van der Waals surface area contributed by atoms with Crippen molar-refractivity contribution in [3.05, 3.63) is 94.3 Å². The van der Waals surface area contributed by atoms with Crippen molar-refractivity contribution >= 4 is 45.3 Å². The van der Waals surface area contributed by atoms with Gasteiger partial charge in [0.25, 0.3) is 5.56 Å². The number of anilines is 1. The Morgan fingerprint density at radius 1 is 1.03 bits per heavy atom. The molecule has 0 aliphatic carbocycles. The van der Waals surface area contributed by atoms with Crippen molar-refractivity contribution in [2.75, 3.05) is 11.1 Å². The van der Waals surface area contributed by atoms with E-state index in [1.807, 2.05) is 67.6 Å². The molecule has 3 aromatic carbocycles. The number of unbranched alkanes of at least 4 members (excludes halogenated alkanes) is 1. The van der Waals surface area contributed by atoms with Gasteiger partial charge in [-0.15, -0.1) is 0 Å². The van der Waals surface area contributed by atoms with Gasteiger partial charge in [-0.05, 0) is 55.2 Å². The maximum Gasteiger partial charge on any atom is 0.283 e. The fourth-order valence-electron chi connectivity index (χ4n) is 4.33. The van der Waals surface area contributed by atoms with Crippen LogP contribution in [0.2, 0.25) is 0 Å². The Balaban J connectivity index is 1.46. The van der Waals surface area contributed by atoms with Crippen LogP contribution in [-0.2, 0) is 11.2 Å². The Labute approximate surface area is 213 Å². The van der Waals surface area contributed by atoms with Crippen LogP contribution < -0.4 is 10.9 Å². The molecule has 36 heavy (non-hydrogen) atoms. The lowest BCUT2D eigenvalue weighted by Gasteiger charge is -2.14. The number of aryl methyl sites for hydroxylation is 2.